The van der Waals surface area contributed by atoms with Gasteiger partial charge in [-0.1, -0.05) is 0 Å². The van der Waals surface area contributed by atoms with Gasteiger partial charge in [0.2, 0.25) is 0 Å². The van der Waals surface area contributed by atoms with E-state index in [4.69, 9.17) is 4.74 Å². The molecule has 0 bridgehead atoms. The van der Waals surface area contributed by atoms with E-state index in [0.717, 1.165) is 22.9 Å². The number of ether oxygens (including phenoxy) is 1. The maximum Gasteiger partial charge on any atom is 0.308 e. The van der Waals surface area contributed by atoms with Gasteiger partial charge in [0.1, 0.15) is 0 Å². The van der Waals surface area contributed by atoms with E-state index in [0.29, 0.717) is 18.8 Å². The molecule has 1 aliphatic heterocycles. The second kappa shape index (κ2) is 7.10. The van der Waals surface area contributed by atoms with Crippen molar-refractivity contribution in [2.75, 3.05) is 19.8 Å². The fourth-order valence-electron chi connectivity index (χ4n) is 2.99. The van der Waals surface area contributed by atoms with Gasteiger partial charge in [0, 0.05) is 30.0 Å². The monoisotopic (exact) mass is 333 g/mol. The number of carboxylic acid groups (broad SMARTS) is 1. The molecule has 2 heterocycles. The lowest BCUT2D eigenvalue weighted by Gasteiger charge is -2.27. The molecule has 2 N–H and O–H groups in total. The van der Waals surface area contributed by atoms with Crippen molar-refractivity contribution < 1.29 is 19.4 Å². The van der Waals surface area contributed by atoms with Crippen LogP contribution in [0.3, 0.4) is 0 Å². The van der Waals surface area contributed by atoms with E-state index >= 15 is 0 Å². The van der Waals surface area contributed by atoms with E-state index in [1.165, 1.54) is 0 Å². The highest BCUT2D eigenvalue weighted by atomic mass is 32.1. The molecule has 1 fully saturated rings. The number of fused-ring (bicyclic) bond motifs is 1. The number of rotatable bonds is 5. The summed E-state index contributed by atoms with van der Waals surface area (Å²) in [6.07, 6.45) is 1.46. The van der Waals surface area contributed by atoms with E-state index in [1.54, 1.807) is 17.4 Å². The number of aliphatic carboxylic acids is 1. The SMILES string of the molecule is O=C(NCC(C(=O)O)C1CCOCC1)c1ccc2sccc2c1. The fraction of sp³-hybridized carbons (Fsp3) is 0.412. The number of benzene rings is 1. The van der Waals surface area contributed by atoms with Crippen LogP contribution in [0, 0.1) is 11.8 Å². The maximum absolute atomic E-state index is 12.3. The molecule has 0 spiro atoms. The molecule has 122 valence electrons. The van der Waals surface area contributed by atoms with E-state index in [-0.39, 0.29) is 18.4 Å². The van der Waals surface area contributed by atoms with Gasteiger partial charge in [-0.2, -0.15) is 0 Å². The van der Waals surface area contributed by atoms with Crippen LogP contribution in [0.15, 0.2) is 29.6 Å². The molecule has 23 heavy (non-hydrogen) atoms. The predicted octanol–water partition coefficient (Wildman–Crippen LogP) is 2.76. The molecule has 1 atom stereocenters. The molecule has 3 rings (SSSR count). The standard InChI is InChI=1S/C17H19NO4S/c19-16(13-1-2-15-12(9-13)5-8-23-15)18-10-14(17(20)21)11-3-6-22-7-4-11/h1-2,5,8-9,11,14H,3-4,6-7,10H2,(H,18,19)(H,20,21). The fourth-order valence-corrected chi connectivity index (χ4v) is 3.76. The topological polar surface area (TPSA) is 75.6 Å². The van der Waals surface area contributed by atoms with E-state index in [1.807, 2.05) is 23.6 Å². The minimum Gasteiger partial charge on any atom is -0.481 e. The summed E-state index contributed by atoms with van der Waals surface area (Å²) >= 11 is 1.63. The summed E-state index contributed by atoms with van der Waals surface area (Å²) in [5, 5.41) is 15.2. The van der Waals surface area contributed by atoms with Crippen molar-refractivity contribution in [2.45, 2.75) is 12.8 Å². The molecule has 5 nitrogen and oxygen atoms in total. The van der Waals surface area contributed by atoms with Gasteiger partial charge in [-0.3, -0.25) is 9.59 Å². The zero-order valence-corrected chi connectivity index (χ0v) is 13.5. The number of hydrogen-bond donors (Lipinski definition) is 2. The Morgan fingerprint density at radius 2 is 2.09 bits per heavy atom. The molecule has 0 aliphatic carbocycles. The van der Waals surface area contributed by atoms with Gasteiger partial charge in [0.25, 0.3) is 5.91 Å². The van der Waals surface area contributed by atoms with Crippen LogP contribution >= 0.6 is 11.3 Å². The Morgan fingerprint density at radius 3 is 2.83 bits per heavy atom. The Hall–Kier alpha value is -1.92. The summed E-state index contributed by atoms with van der Waals surface area (Å²) in [6.45, 7) is 1.34. The van der Waals surface area contributed by atoms with Crippen molar-refractivity contribution in [3.05, 3.63) is 35.2 Å². The van der Waals surface area contributed by atoms with Crippen LogP contribution in [0.25, 0.3) is 10.1 Å². The number of thiophene rings is 1. The Bertz CT molecular complexity index is 705. The first-order valence-corrected chi connectivity index (χ1v) is 8.59. The summed E-state index contributed by atoms with van der Waals surface area (Å²) in [6, 6.07) is 7.50. The van der Waals surface area contributed by atoms with Crippen molar-refractivity contribution in [1.82, 2.24) is 5.32 Å². The Kier molecular flexibility index (Phi) is 4.93. The molecule has 6 heteroatoms. The highest BCUT2D eigenvalue weighted by Gasteiger charge is 2.30. The smallest absolute Gasteiger partial charge is 0.308 e. The van der Waals surface area contributed by atoms with Crippen LogP contribution in [0.1, 0.15) is 23.2 Å². The molecule has 1 aromatic carbocycles. The molecule has 2 aromatic rings. The zero-order chi connectivity index (χ0) is 16.2. The molecule has 1 amide bonds. The number of carbonyl (C=O) groups is 2. The van der Waals surface area contributed by atoms with Crippen LogP contribution in [0.2, 0.25) is 0 Å². The Morgan fingerprint density at radius 1 is 1.30 bits per heavy atom. The van der Waals surface area contributed by atoms with E-state index < -0.39 is 11.9 Å². The van der Waals surface area contributed by atoms with Gasteiger partial charge in [0.15, 0.2) is 0 Å². The van der Waals surface area contributed by atoms with Crippen molar-refractivity contribution in [3.63, 3.8) is 0 Å². The highest BCUT2D eigenvalue weighted by molar-refractivity contribution is 7.17. The molecular weight excluding hydrogens is 314 g/mol. The van der Waals surface area contributed by atoms with Crippen molar-refractivity contribution >= 4 is 33.3 Å². The van der Waals surface area contributed by atoms with E-state index in [9.17, 15) is 14.7 Å². The molecule has 1 aliphatic rings. The first-order chi connectivity index (χ1) is 11.1. The van der Waals surface area contributed by atoms with Gasteiger partial charge in [0.05, 0.1) is 5.92 Å². The third-order valence-electron chi connectivity index (χ3n) is 4.35. The molecule has 1 unspecified atom stereocenters. The van der Waals surface area contributed by atoms with Gasteiger partial charge in [-0.15, -0.1) is 11.3 Å². The summed E-state index contributed by atoms with van der Waals surface area (Å²) in [4.78, 5) is 23.8. The lowest BCUT2D eigenvalue weighted by Crippen LogP contribution is -2.38. The molecular formula is C17H19NO4S. The summed E-state index contributed by atoms with van der Waals surface area (Å²) < 4.78 is 6.41. The van der Waals surface area contributed by atoms with Crippen LogP contribution in [-0.2, 0) is 9.53 Å². The zero-order valence-electron chi connectivity index (χ0n) is 12.7. The Balaban J connectivity index is 1.64. The predicted molar refractivity (Wildman–Crippen MR) is 88.8 cm³/mol. The van der Waals surface area contributed by atoms with Crippen molar-refractivity contribution in [3.8, 4) is 0 Å². The minimum absolute atomic E-state index is 0.0564. The van der Waals surface area contributed by atoms with Crippen LogP contribution in [-0.4, -0.2) is 36.7 Å². The van der Waals surface area contributed by atoms with Gasteiger partial charge in [-0.05, 0) is 53.8 Å². The second-order valence-corrected chi connectivity index (χ2v) is 6.73. The number of amides is 1. The molecule has 0 saturated carbocycles. The average molecular weight is 333 g/mol. The molecule has 1 saturated heterocycles. The number of nitrogens with one attached hydrogen (secondary N) is 1. The Labute approximate surface area is 138 Å². The second-order valence-electron chi connectivity index (χ2n) is 5.78. The lowest BCUT2D eigenvalue weighted by atomic mass is 9.86. The number of carboxylic acids is 1. The molecule has 1 aromatic heterocycles. The summed E-state index contributed by atoms with van der Waals surface area (Å²) in [5.41, 5.74) is 0.562. The first-order valence-electron chi connectivity index (χ1n) is 7.71. The van der Waals surface area contributed by atoms with Crippen LogP contribution < -0.4 is 5.32 Å². The lowest BCUT2D eigenvalue weighted by molar-refractivity contribution is -0.144. The third-order valence-corrected chi connectivity index (χ3v) is 5.25. The number of hydrogen-bond acceptors (Lipinski definition) is 4. The van der Waals surface area contributed by atoms with Gasteiger partial charge >= 0.3 is 5.97 Å². The largest absolute Gasteiger partial charge is 0.481 e. The minimum atomic E-state index is -0.856. The highest BCUT2D eigenvalue weighted by Crippen LogP contribution is 2.24. The van der Waals surface area contributed by atoms with Crippen LogP contribution in [0.4, 0.5) is 0 Å². The normalized spacial score (nSPS) is 17.0. The molecule has 0 radical (unpaired) electrons. The van der Waals surface area contributed by atoms with Crippen molar-refractivity contribution in [1.29, 1.82) is 0 Å². The third kappa shape index (κ3) is 3.71. The quantitative estimate of drug-likeness (QED) is 0.882. The first kappa shape index (κ1) is 16.0. The summed E-state index contributed by atoms with van der Waals surface area (Å²) in [7, 11) is 0. The van der Waals surface area contributed by atoms with Crippen LogP contribution in [0.5, 0.6) is 0 Å². The summed E-state index contributed by atoms with van der Waals surface area (Å²) in [5.74, 6) is -1.59. The maximum atomic E-state index is 12.3. The average Bonchev–Trinajstić information content (AvgIpc) is 3.03. The number of carbonyl (C=O) groups excluding carboxylic acids is 1. The van der Waals surface area contributed by atoms with E-state index in [2.05, 4.69) is 5.32 Å². The van der Waals surface area contributed by atoms with Gasteiger partial charge < -0.3 is 15.2 Å². The van der Waals surface area contributed by atoms with Gasteiger partial charge in [-0.25, -0.2) is 0 Å². The van der Waals surface area contributed by atoms with Crippen molar-refractivity contribution in [2.24, 2.45) is 11.8 Å².